The number of methoxy groups -OCH3 is 1. The summed E-state index contributed by atoms with van der Waals surface area (Å²) in [5.41, 5.74) is 2.31. The molecule has 0 atom stereocenters. The van der Waals surface area contributed by atoms with Gasteiger partial charge in [0, 0.05) is 24.8 Å². The second kappa shape index (κ2) is 8.65. The minimum Gasteiger partial charge on any atom is -0.496 e. The monoisotopic (exact) mass is 354 g/mol. The molecule has 130 valence electrons. The maximum atomic E-state index is 5.48. The van der Waals surface area contributed by atoms with Crippen LogP contribution in [0.1, 0.15) is 17.5 Å². The van der Waals surface area contributed by atoms with E-state index in [1.165, 1.54) is 0 Å². The number of nitrogens with one attached hydrogen (secondary N) is 1. The van der Waals surface area contributed by atoms with Crippen molar-refractivity contribution in [2.45, 2.75) is 20.0 Å². The first-order valence-corrected chi connectivity index (χ1v) is 9.12. The van der Waals surface area contributed by atoms with E-state index in [1.807, 2.05) is 43.5 Å². The Morgan fingerprint density at radius 3 is 2.60 bits per heavy atom. The van der Waals surface area contributed by atoms with Crippen molar-refractivity contribution in [3.63, 3.8) is 0 Å². The van der Waals surface area contributed by atoms with Crippen LogP contribution in [-0.2, 0) is 13.1 Å². The fourth-order valence-corrected chi connectivity index (χ4v) is 3.45. The van der Waals surface area contributed by atoms with Gasteiger partial charge in [-0.3, -0.25) is 0 Å². The van der Waals surface area contributed by atoms with Crippen LogP contribution in [0.5, 0.6) is 11.5 Å². The summed E-state index contributed by atoms with van der Waals surface area (Å²) in [6, 6.07) is 16.2. The van der Waals surface area contributed by atoms with Crippen LogP contribution in [0.3, 0.4) is 0 Å². The summed E-state index contributed by atoms with van der Waals surface area (Å²) in [6.45, 7) is 4.16. The number of ether oxygens (including phenoxy) is 2. The highest BCUT2D eigenvalue weighted by atomic mass is 32.1. The molecule has 0 fully saturated rings. The van der Waals surface area contributed by atoms with Gasteiger partial charge in [-0.25, -0.2) is 4.98 Å². The molecule has 0 aliphatic heterocycles. The SMILES string of the molecule is CCOc1ccc(-c2cnc(CNCc3ccccc3OC)s2)cc1. The second-order valence-corrected chi connectivity index (χ2v) is 6.61. The normalized spacial score (nSPS) is 10.6. The van der Waals surface area contributed by atoms with Crippen molar-refractivity contribution in [3.8, 4) is 21.9 Å². The van der Waals surface area contributed by atoms with E-state index in [-0.39, 0.29) is 0 Å². The van der Waals surface area contributed by atoms with Crippen LogP contribution in [0.4, 0.5) is 0 Å². The molecule has 0 unspecified atom stereocenters. The molecule has 0 bridgehead atoms. The molecule has 3 rings (SSSR count). The maximum Gasteiger partial charge on any atom is 0.123 e. The molecule has 1 aromatic heterocycles. The van der Waals surface area contributed by atoms with E-state index in [0.29, 0.717) is 6.61 Å². The van der Waals surface area contributed by atoms with E-state index in [1.54, 1.807) is 18.4 Å². The number of benzene rings is 2. The highest BCUT2D eigenvalue weighted by Crippen LogP contribution is 2.28. The Bertz CT molecular complexity index is 799. The number of rotatable bonds is 8. The van der Waals surface area contributed by atoms with Crippen LogP contribution in [0.2, 0.25) is 0 Å². The second-order valence-electron chi connectivity index (χ2n) is 5.49. The number of thiazole rings is 1. The summed E-state index contributed by atoms with van der Waals surface area (Å²) in [6.07, 6.45) is 1.93. The Morgan fingerprint density at radius 1 is 1.04 bits per heavy atom. The highest BCUT2D eigenvalue weighted by molar-refractivity contribution is 7.15. The third kappa shape index (κ3) is 4.59. The Balaban J connectivity index is 1.58. The van der Waals surface area contributed by atoms with Crippen LogP contribution < -0.4 is 14.8 Å². The van der Waals surface area contributed by atoms with Crippen molar-refractivity contribution >= 4 is 11.3 Å². The smallest absolute Gasteiger partial charge is 0.123 e. The van der Waals surface area contributed by atoms with E-state index >= 15 is 0 Å². The van der Waals surface area contributed by atoms with Crippen molar-refractivity contribution < 1.29 is 9.47 Å². The molecule has 0 aliphatic carbocycles. The molecule has 1 N–H and O–H groups in total. The quantitative estimate of drug-likeness (QED) is 0.646. The fraction of sp³-hybridized carbons (Fsp3) is 0.250. The summed E-state index contributed by atoms with van der Waals surface area (Å²) < 4.78 is 10.9. The summed E-state index contributed by atoms with van der Waals surface area (Å²) in [5.74, 6) is 1.80. The van der Waals surface area contributed by atoms with Gasteiger partial charge in [0.05, 0.1) is 18.6 Å². The number of para-hydroxylation sites is 1. The van der Waals surface area contributed by atoms with Gasteiger partial charge in [-0.15, -0.1) is 11.3 Å². The maximum absolute atomic E-state index is 5.48. The largest absolute Gasteiger partial charge is 0.496 e. The Morgan fingerprint density at radius 2 is 1.84 bits per heavy atom. The van der Waals surface area contributed by atoms with E-state index in [0.717, 1.165) is 45.6 Å². The topological polar surface area (TPSA) is 43.4 Å². The van der Waals surface area contributed by atoms with E-state index in [2.05, 4.69) is 28.5 Å². The van der Waals surface area contributed by atoms with Gasteiger partial charge in [0.15, 0.2) is 0 Å². The number of hydrogen-bond donors (Lipinski definition) is 1. The zero-order valence-electron chi connectivity index (χ0n) is 14.5. The Hall–Kier alpha value is -2.37. The third-order valence-corrected chi connectivity index (χ3v) is 4.83. The molecule has 4 nitrogen and oxygen atoms in total. The first-order valence-electron chi connectivity index (χ1n) is 8.30. The molecule has 0 aliphatic rings. The van der Waals surface area contributed by atoms with E-state index < -0.39 is 0 Å². The lowest BCUT2D eigenvalue weighted by Gasteiger charge is -2.08. The first kappa shape index (κ1) is 17.5. The van der Waals surface area contributed by atoms with Crippen LogP contribution in [0, 0.1) is 0 Å². The minimum atomic E-state index is 0.682. The molecule has 3 aromatic rings. The average Bonchev–Trinajstić information content (AvgIpc) is 3.12. The van der Waals surface area contributed by atoms with E-state index in [4.69, 9.17) is 9.47 Å². The fourth-order valence-electron chi connectivity index (χ4n) is 2.56. The van der Waals surface area contributed by atoms with Gasteiger partial charge in [-0.2, -0.15) is 0 Å². The van der Waals surface area contributed by atoms with Gasteiger partial charge >= 0.3 is 0 Å². The summed E-state index contributed by atoms with van der Waals surface area (Å²) in [4.78, 5) is 5.68. The van der Waals surface area contributed by atoms with Gasteiger partial charge in [-0.05, 0) is 42.8 Å². The molecule has 0 radical (unpaired) electrons. The van der Waals surface area contributed by atoms with Crippen LogP contribution in [-0.4, -0.2) is 18.7 Å². The lowest BCUT2D eigenvalue weighted by Crippen LogP contribution is -2.13. The lowest BCUT2D eigenvalue weighted by molar-refractivity contribution is 0.340. The zero-order chi connectivity index (χ0) is 17.5. The van der Waals surface area contributed by atoms with Crippen molar-refractivity contribution in [2.75, 3.05) is 13.7 Å². The van der Waals surface area contributed by atoms with Gasteiger partial charge in [0.25, 0.3) is 0 Å². The van der Waals surface area contributed by atoms with E-state index in [9.17, 15) is 0 Å². The third-order valence-electron chi connectivity index (χ3n) is 3.79. The number of aromatic nitrogens is 1. The molecule has 0 saturated carbocycles. The van der Waals surface area contributed by atoms with Crippen LogP contribution >= 0.6 is 11.3 Å². The van der Waals surface area contributed by atoms with Crippen molar-refractivity contribution in [1.29, 1.82) is 0 Å². The molecular weight excluding hydrogens is 332 g/mol. The first-order chi connectivity index (χ1) is 12.3. The highest BCUT2D eigenvalue weighted by Gasteiger charge is 2.06. The average molecular weight is 354 g/mol. The van der Waals surface area contributed by atoms with Crippen LogP contribution in [0.25, 0.3) is 10.4 Å². The summed E-state index contributed by atoms with van der Waals surface area (Å²) >= 11 is 1.70. The van der Waals surface area contributed by atoms with Gasteiger partial charge in [0.1, 0.15) is 16.5 Å². The molecule has 1 heterocycles. The number of nitrogens with zero attached hydrogens (tertiary/aromatic N) is 1. The Labute approximate surface area is 152 Å². The lowest BCUT2D eigenvalue weighted by atomic mass is 10.2. The molecule has 0 amide bonds. The summed E-state index contributed by atoms with van der Waals surface area (Å²) in [7, 11) is 1.70. The molecule has 5 heteroatoms. The molecule has 25 heavy (non-hydrogen) atoms. The van der Waals surface area contributed by atoms with Gasteiger partial charge < -0.3 is 14.8 Å². The zero-order valence-corrected chi connectivity index (χ0v) is 15.3. The Kier molecular flexibility index (Phi) is 6.04. The van der Waals surface area contributed by atoms with Gasteiger partial charge in [0.2, 0.25) is 0 Å². The molecule has 0 spiro atoms. The number of hydrogen-bond acceptors (Lipinski definition) is 5. The standard InChI is InChI=1S/C20H22N2O2S/c1-3-24-17-10-8-15(9-11-17)19-13-22-20(25-19)14-21-12-16-6-4-5-7-18(16)23-2/h4-11,13,21H,3,12,14H2,1-2H3. The van der Waals surface area contributed by atoms with Crippen molar-refractivity contribution in [3.05, 3.63) is 65.3 Å². The summed E-state index contributed by atoms with van der Waals surface area (Å²) in [5, 5.41) is 4.50. The molecule has 0 saturated heterocycles. The molecule has 2 aromatic carbocycles. The predicted molar refractivity (Wildman–Crippen MR) is 102 cm³/mol. The van der Waals surface area contributed by atoms with Crippen LogP contribution in [0.15, 0.2) is 54.7 Å². The minimum absolute atomic E-state index is 0.682. The van der Waals surface area contributed by atoms with Crippen molar-refractivity contribution in [2.24, 2.45) is 0 Å². The van der Waals surface area contributed by atoms with Gasteiger partial charge in [-0.1, -0.05) is 18.2 Å². The molecular formula is C20H22N2O2S. The predicted octanol–water partition coefficient (Wildman–Crippen LogP) is 4.51. The van der Waals surface area contributed by atoms with Crippen molar-refractivity contribution in [1.82, 2.24) is 10.3 Å².